The summed E-state index contributed by atoms with van der Waals surface area (Å²) in [7, 11) is 0. The first-order chi connectivity index (χ1) is 9.34. The number of hydrogen-bond acceptors (Lipinski definition) is 3. The van der Waals surface area contributed by atoms with Crippen LogP contribution in [-0.4, -0.2) is 21.4 Å². The Morgan fingerprint density at radius 3 is 2.95 bits per heavy atom. The Morgan fingerprint density at radius 1 is 1.26 bits per heavy atom. The van der Waals surface area contributed by atoms with E-state index in [1.807, 2.05) is 12.1 Å². The SMILES string of the molecule is S=c1[nH]nc(C2CCOc3ccccc32)n1C1CC1. The molecule has 0 saturated heterocycles. The highest BCUT2D eigenvalue weighted by atomic mass is 32.1. The molecular weight excluding hydrogens is 258 g/mol. The Bertz CT molecular complexity index is 671. The molecule has 4 rings (SSSR count). The van der Waals surface area contributed by atoms with Crippen LogP contribution in [0.4, 0.5) is 0 Å². The smallest absolute Gasteiger partial charge is 0.195 e. The molecule has 1 atom stereocenters. The number of aromatic amines is 1. The zero-order valence-corrected chi connectivity index (χ0v) is 11.3. The van der Waals surface area contributed by atoms with Crippen LogP contribution >= 0.6 is 12.2 Å². The number of hydrogen-bond donors (Lipinski definition) is 1. The van der Waals surface area contributed by atoms with Crippen LogP contribution in [0.5, 0.6) is 5.75 Å². The lowest BCUT2D eigenvalue weighted by molar-refractivity contribution is 0.272. The third-order valence-electron chi connectivity index (χ3n) is 3.91. The van der Waals surface area contributed by atoms with Crippen molar-refractivity contribution in [1.82, 2.24) is 14.8 Å². The van der Waals surface area contributed by atoms with Crippen molar-refractivity contribution in [2.45, 2.75) is 31.2 Å². The minimum Gasteiger partial charge on any atom is -0.493 e. The second kappa shape index (κ2) is 4.20. The topological polar surface area (TPSA) is 42.8 Å². The van der Waals surface area contributed by atoms with Crippen molar-refractivity contribution < 1.29 is 4.74 Å². The molecule has 19 heavy (non-hydrogen) atoms. The van der Waals surface area contributed by atoms with Gasteiger partial charge in [0.15, 0.2) is 4.77 Å². The van der Waals surface area contributed by atoms with Gasteiger partial charge < -0.3 is 9.30 Å². The number of nitrogens with zero attached hydrogens (tertiary/aromatic N) is 2. The van der Waals surface area contributed by atoms with Gasteiger partial charge in [0, 0.05) is 11.6 Å². The molecule has 1 aliphatic carbocycles. The Labute approximate surface area is 116 Å². The Balaban J connectivity index is 1.84. The van der Waals surface area contributed by atoms with Crippen LogP contribution in [0.1, 0.15) is 42.6 Å². The molecule has 1 saturated carbocycles. The fourth-order valence-corrected chi connectivity index (χ4v) is 3.15. The maximum Gasteiger partial charge on any atom is 0.195 e. The van der Waals surface area contributed by atoms with Gasteiger partial charge >= 0.3 is 0 Å². The van der Waals surface area contributed by atoms with E-state index in [1.54, 1.807) is 0 Å². The van der Waals surface area contributed by atoms with Gasteiger partial charge in [-0.05, 0) is 37.5 Å². The number of H-pyrrole nitrogens is 1. The van der Waals surface area contributed by atoms with Gasteiger partial charge in [-0.25, -0.2) is 0 Å². The van der Waals surface area contributed by atoms with Crippen molar-refractivity contribution >= 4 is 12.2 Å². The second-order valence-electron chi connectivity index (χ2n) is 5.22. The van der Waals surface area contributed by atoms with Crippen molar-refractivity contribution in [2.75, 3.05) is 6.61 Å². The van der Waals surface area contributed by atoms with E-state index in [0.717, 1.165) is 29.4 Å². The highest BCUT2D eigenvalue weighted by Gasteiger charge is 2.33. The van der Waals surface area contributed by atoms with Crippen LogP contribution in [-0.2, 0) is 0 Å². The van der Waals surface area contributed by atoms with Crippen molar-refractivity contribution in [3.63, 3.8) is 0 Å². The third kappa shape index (κ3) is 1.80. The predicted octanol–water partition coefficient (Wildman–Crippen LogP) is 3.19. The van der Waals surface area contributed by atoms with E-state index in [2.05, 4.69) is 26.9 Å². The van der Waals surface area contributed by atoms with Crippen LogP contribution in [0.25, 0.3) is 0 Å². The number of para-hydroxylation sites is 1. The number of rotatable bonds is 2. The van der Waals surface area contributed by atoms with Crippen molar-refractivity contribution in [3.05, 3.63) is 40.4 Å². The van der Waals surface area contributed by atoms with E-state index in [1.165, 1.54) is 18.4 Å². The molecule has 2 aromatic rings. The average molecular weight is 273 g/mol. The van der Waals surface area contributed by atoms with Gasteiger partial charge in [0.1, 0.15) is 11.6 Å². The standard InChI is InChI=1S/C14H15N3OS/c19-14-16-15-13(17(14)9-5-6-9)11-7-8-18-12-4-2-1-3-10(11)12/h1-4,9,11H,5-8H2,(H,16,19). The summed E-state index contributed by atoms with van der Waals surface area (Å²) in [5.74, 6) is 2.34. The van der Waals surface area contributed by atoms with Crippen LogP contribution in [0.2, 0.25) is 0 Å². The van der Waals surface area contributed by atoms with Gasteiger partial charge in [-0.3, -0.25) is 5.10 Å². The Kier molecular flexibility index (Phi) is 2.48. The molecule has 1 aliphatic heterocycles. The monoisotopic (exact) mass is 273 g/mol. The summed E-state index contributed by atoms with van der Waals surface area (Å²) in [5.41, 5.74) is 1.23. The molecule has 4 nitrogen and oxygen atoms in total. The summed E-state index contributed by atoms with van der Waals surface area (Å²) in [6, 6.07) is 8.79. The molecular formula is C14H15N3OS. The van der Waals surface area contributed by atoms with Gasteiger partial charge in [0.2, 0.25) is 0 Å². The van der Waals surface area contributed by atoms with Crippen LogP contribution < -0.4 is 4.74 Å². The zero-order chi connectivity index (χ0) is 12.8. The van der Waals surface area contributed by atoms with E-state index in [-0.39, 0.29) is 0 Å². The van der Waals surface area contributed by atoms with E-state index < -0.39 is 0 Å². The average Bonchev–Trinajstić information content (AvgIpc) is 3.21. The summed E-state index contributed by atoms with van der Waals surface area (Å²) < 4.78 is 8.69. The lowest BCUT2D eigenvalue weighted by atomic mass is 9.92. The number of benzene rings is 1. The molecule has 1 fully saturated rings. The maximum absolute atomic E-state index is 5.72. The number of ether oxygens (including phenoxy) is 1. The molecule has 0 bridgehead atoms. The Morgan fingerprint density at radius 2 is 2.11 bits per heavy atom. The number of fused-ring (bicyclic) bond motifs is 1. The van der Waals surface area contributed by atoms with E-state index in [0.29, 0.717) is 12.0 Å². The highest BCUT2D eigenvalue weighted by Crippen LogP contribution is 2.42. The molecule has 98 valence electrons. The van der Waals surface area contributed by atoms with Gasteiger partial charge in [-0.1, -0.05) is 18.2 Å². The summed E-state index contributed by atoms with van der Waals surface area (Å²) >= 11 is 5.37. The molecule has 2 heterocycles. The zero-order valence-electron chi connectivity index (χ0n) is 10.5. The first-order valence-corrected chi connectivity index (χ1v) is 7.14. The van der Waals surface area contributed by atoms with Crippen LogP contribution in [0, 0.1) is 4.77 Å². The molecule has 1 aromatic carbocycles. The molecule has 0 spiro atoms. The molecule has 1 N–H and O–H groups in total. The van der Waals surface area contributed by atoms with Crippen LogP contribution in [0.3, 0.4) is 0 Å². The summed E-state index contributed by atoms with van der Waals surface area (Å²) in [6.07, 6.45) is 3.39. The largest absolute Gasteiger partial charge is 0.493 e. The normalized spacial score (nSPS) is 21.8. The molecule has 1 unspecified atom stereocenters. The van der Waals surface area contributed by atoms with Gasteiger partial charge in [-0.15, -0.1) is 0 Å². The van der Waals surface area contributed by atoms with Crippen LogP contribution in [0.15, 0.2) is 24.3 Å². The quantitative estimate of drug-likeness (QED) is 0.854. The lowest BCUT2D eigenvalue weighted by Gasteiger charge is -2.25. The fourth-order valence-electron chi connectivity index (χ4n) is 2.86. The molecule has 1 aromatic heterocycles. The highest BCUT2D eigenvalue weighted by molar-refractivity contribution is 7.71. The maximum atomic E-state index is 5.72. The lowest BCUT2D eigenvalue weighted by Crippen LogP contribution is -2.18. The van der Waals surface area contributed by atoms with Crippen molar-refractivity contribution in [2.24, 2.45) is 0 Å². The summed E-state index contributed by atoms with van der Waals surface area (Å²) in [6.45, 7) is 0.742. The van der Waals surface area contributed by atoms with E-state index in [9.17, 15) is 0 Å². The first kappa shape index (κ1) is 11.2. The second-order valence-corrected chi connectivity index (χ2v) is 5.60. The third-order valence-corrected chi connectivity index (χ3v) is 4.20. The number of nitrogens with one attached hydrogen (secondary N) is 1. The predicted molar refractivity (Wildman–Crippen MR) is 74.1 cm³/mol. The minimum absolute atomic E-state index is 0.290. The Hall–Kier alpha value is -1.62. The first-order valence-electron chi connectivity index (χ1n) is 6.73. The summed E-state index contributed by atoms with van der Waals surface area (Å²) in [4.78, 5) is 0. The summed E-state index contributed by atoms with van der Waals surface area (Å²) in [5, 5.41) is 7.45. The van der Waals surface area contributed by atoms with Gasteiger partial charge in [0.05, 0.1) is 12.5 Å². The van der Waals surface area contributed by atoms with Crippen molar-refractivity contribution in [3.8, 4) is 5.75 Å². The van der Waals surface area contributed by atoms with Crippen molar-refractivity contribution in [1.29, 1.82) is 0 Å². The fraction of sp³-hybridized carbons (Fsp3) is 0.429. The molecule has 2 aliphatic rings. The van der Waals surface area contributed by atoms with E-state index >= 15 is 0 Å². The molecule has 0 amide bonds. The molecule has 5 heteroatoms. The number of aromatic nitrogens is 3. The van der Waals surface area contributed by atoms with E-state index in [4.69, 9.17) is 17.0 Å². The molecule has 0 radical (unpaired) electrons. The minimum atomic E-state index is 0.290. The van der Waals surface area contributed by atoms with Gasteiger partial charge in [-0.2, -0.15) is 5.10 Å². The van der Waals surface area contributed by atoms with Gasteiger partial charge in [0.25, 0.3) is 0 Å².